The highest BCUT2D eigenvalue weighted by Crippen LogP contribution is 2.22. The maximum absolute atomic E-state index is 12.3. The summed E-state index contributed by atoms with van der Waals surface area (Å²) >= 11 is 4.95. The smallest absolute Gasteiger partial charge is 0.215 e. The highest BCUT2D eigenvalue weighted by atomic mass is 32.2. The number of thiocarbonyl (C=S) groups is 1. The van der Waals surface area contributed by atoms with Crippen molar-refractivity contribution in [1.82, 2.24) is 4.31 Å². The first-order valence-corrected chi connectivity index (χ1v) is 8.35. The van der Waals surface area contributed by atoms with Crippen LogP contribution in [0.2, 0.25) is 0 Å². The van der Waals surface area contributed by atoms with E-state index in [0.29, 0.717) is 13.0 Å². The molecule has 1 aromatic rings. The van der Waals surface area contributed by atoms with Crippen LogP contribution in [0.1, 0.15) is 18.4 Å². The van der Waals surface area contributed by atoms with Gasteiger partial charge in [0.1, 0.15) is 0 Å². The molecule has 1 fully saturated rings. The first kappa shape index (κ1) is 14.4. The molecule has 4 nitrogen and oxygen atoms in total. The molecule has 1 aliphatic rings. The standard InChI is InChI=1S/C13H18N2O2S2/c14-13(18)12-7-4-9-15(12)19(16,17)10-8-11-5-2-1-3-6-11/h1-3,5-6,12H,4,7-10H2,(H2,14,18). The third-order valence-corrected chi connectivity index (χ3v) is 5.52. The molecule has 0 spiro atoms. The van der Waals surface area contributed by atoms with Crippen molar-refractivity contribution in [3.63, 3.8) is 0 Å². The van der Waals surface area contributed by atoms with Gasteiger partial charge in [-0.25, -0.2) is 8.42 Å². The molecular weight excluding hydrogens is 280 g/mol. The van der Waals surface area contributed by atoms with Crippen molar-refractivity contribution in [2.45, 2.75) is 25.3 Å². The average Bonchev–Trinajstić information content (AvgIpc) is 2.88. The van der Waals surface area contributed by atoms with Gasteiger partial charge < -0.3 is 5.73 Å². The van der Waals surface area contributed by atoms with Crippen molar-refractivity contribution in [3.05, 3.63) is 35.9 Å². The molecule has 1 aliphatic heterocycles. The Morgan fingerprint density at radius 1 is 1.37 bits per heavy atom. The van der Waals surface area contributed by atoms with E-state index in [4.69, 9.17) is 18.0 Å². The van der Waals surface area contributed by atoms with Crippen LogP contribution in [-0.4, -0.2) is 36.1 Å². The molecule has 1 aromatic carbocycles. The summed E-state index contributed by atoms with van der Waals surface area (Å²) in [7, 11) is -3.29. The first-order chi connectivity index (χ1) is 9.00. The molecule has 1 atom stereocenters. The van der Waals surface area contributed by atoms with Crippen LogP contribution >= 0.6 is 12.2 Å². The molecule has 2 N–H and O–H groups in total. The SMILES string of the molecule is NC(=S)C1CCCN1S(=O)(=O)CCc1ccccc1. The van der Waals surface area contributed by atoms with Crippen LogP contribution in [0.25, 0.3) is 0 Å². The summed E-state index contributed by atoms with van der Waals surface area (Å²) < 4.78 is 26.1. The molecule has 0 radical (unpaired) electrons. The Balaban J connectivity index is 2.04. The minimum Gasteiger partial charge on any atom is -0.392 e. The maximum atomic E-state index is 12.3. The minimum atomic E-state index is -3.29. The van der Waals surface area contributed by atoms with E-state index in [1.54, 1.807) is 0 Å². The van der Waals surface area contributed by atoms with E-state index < -0.39 is 10.0 Å². The number of nitrogens with two attached hydrogens (primary N) is 1. The summed E-state index contributed by atoms with van der Waals surface area (Å²) in [6.45, 7) is 0.527. The lowest BCUT2D eigenvalue weighted by Crippen LogP contribution is -2.44. The minimum absolute atomic E-state index is 0.107. The molecule has 1 heterocycles. The van der Waals surface area contributed by atoms with Crippen LogP contribution < -0.4 is 5.73 Å². The maximum Gasteiger partial charge on any atom is 0.215 e. The second-order valence-corrected chi connectivity index (χ2v) is 7.24. The normalized spacial score (nSPS) is 20.5. The van der Waals surface area contributed by atoms with Gasteiger partial charge in [0.25, 0.3) is 0 Å². The number of nitrogens with zero attached hydrogens (tertiary/aromatic N) is 1. The fourth-order valence-electron chi connectivity index (χ4n) is 2.37. The summed E-state index contributed by atoms with van der Waals surface area (Å²) in [4.78, 5) is 0.279. The largest absolute Gasteiger partial charge is 0.392 e. The molecule has 2 rings (SSSR count). The van der Waals surface area contributed by atoms with Gasteiger partial charge in [0.05, 0.1) is 16.8 Å². The topological polar surface area (TPSA) is 63.4 Å². The van der Waals surface area contributed by atoms with Crippen LogP contribution in [0.4, 0.5) is 0 Å². The molecule has 104 valence electrons. The Morgan fingerprint density at radius 3 is 2.68 bits per heavy atom. The molecule has 0 saturated carbocycles. The van der Waals surface area contributed by atoms with Gasteiger partial charge >= 0.3 is 0 Å². The van der Waals surface area contributed by atoms with Crippen LogP contribution in [-0.2, 0) is 16.4 Å². The monoisotopic (exact) mass is 298 g/mol. The van der Waals surface area contributed by atoms with Crippen LogP contribution in [0.15, 0.2) is 30.3 Å². The van der Waals surface area contributed by atoms with Gasteiger partial charge in [-0.15, -0.1) is 0 Å². The third kappa shape index (κ3) is 3.52. The zero-order chi connectivity index (χ0) is 13.9. The second kappa shape index (κ2) is 5.98. The van der Waals surface area contributed by atoms with E-state index in [0.717, 1.165) is 18.4 Å². The van der Waals surface area contributed by atoms with E-state index in [9.17, 15) is 8.42 Å². The summed E-state index contributed by atoms with van der Waals surface area (Å²) in [5.74, 6) is 0.107. The second-order valence-electron chi connectivity index (χ2n) is 4.72. The van der Waals surface area contributed by atoms with Crippen LogP contribution in [0.5, 0.6) is 0 Å². The van der Waals surface area contributed by atoms with Crippen molar-refractivity contribution in [1.29, 1.82) is 0 Å². The summed E-state index contributed by atoms with van der Waals surface area (Å²) in [5, 5.41) is 0. The molecular formula is C13H18N2O2S2. The Labute approximate surface area is 119 Å². The highest BCUT2D eigenvalue weighted by Gasteiger charge is 2.35. The van der Waals surface area contributed by atoms with E-state index in [1.165, 1.54) is 4.31 Å². The van der Waals surface area contributed by atoms with Gasteiger partial charge in [-0.05, 0) is 24.8 Å². The van der Waals surface area contributed by atoms with Gasteiger partial charge in [-0.1, -0.05) is 42.5 Å². The quantitative estimate of drug-likeness (QED) is 0.833. The molecule has 0 aromatic heterocycles. The van der Waals surface area contributed by atoms with Gasteiger partial charge in [-0.2, -0.15) is 4.31 Å². The van der Waals surface area contributed by atoms with Crippen molar-refractivity contribution in [2.75, 3.05) is 12.3 Å². The number of aryl methyl sites for hydroxylation is 1. The zero-order valence-electron chi connectivity index (χ0n) is 10.7. The molecule has 19 heavy (non-hydrogen) atoms. The molecule has 1 unspecified atom stereocenters. The Kier molecular flexibility index (Phi) is 4.54. The van der Waals surface area contributed by atoms with Gasteiger partial charge in [-0.3, -0.25) is 0 Å². The number of sulfonamides is 1. The van der Waals surface area contributed by atoms with Gasteiger partial charge in [0.2, 0.25) is 10.0 Å². The summed E-state index contributed by atoms with van der Waals surface area (Å²) in [6, 6.07) is 9.32. The van der Waals surface area contributed by atoms with Crippen LogP contribution in [0, 0.1) is 0 Å². The predicted molar refractivity (Wildman–Crippen MR) is 80.4 cm³/mol. The Hall–Kier alpha value is -0.980. The lowest BCUT2D eigenvalue weighted by molar-refractivity contribution is 0.446. The average molecular weight is 298 g/mol. The zero-order valence-corrected chi connectivity index (χ0v) is 12.3. The number of hydrogen-bond acceptors (Lipinski definition) is 3. The van der Waals surface area contributed by atoms with Crippen molar-refractivity contribution in [3.8, 4) is 0 Å². The van der Waals surface area contributed by atoms with Crippen molar-refractivity contribution < 1.29 is 8.42 Å². The fourth-order valence-corrected chi connectivity index (χ4v) is 4.42. The van der Waals surface area contributed by atoms with Crippen LogP contribution in [0.3, 0.4) is 0 Å². The Bertz CT molecular complexity index is 543. The number of benzene rings is 1. The van der Waals surface area contributed by atoms with Gasteiger partial charge in [0.15, 0.2) is 0 Å². The third-order valence-electron chi connectivity index (χ3n) is 3.38. The number of rotatable bonds is 5. The lowest BCUT2D eigenvalue weighted by atomic mass is 10.2. The molecule has 1 saturated heterocycles. The van der Waals surface area contributed by atoms with E-state index in [1.807, 2.05) is 30.3 Å². The van der Waals surface area contributed by atoms with Crippen molar-refractivity contribution in [2.24, 2.45) is 5.73 Å². The van der Waals surface area contributed by atoms with Crippen molar-refractivity contribution >= 4 is 27.2 Å². The molecule has 0 aliphatic carbocycles. The fraction of sp³-hybridized carbons (Fsp3) is 0.462. The molecule has 6 heteroatoms. The first-order valence-electron chi connectivity index (χ1n) is 6.33. The Morgan fingerprint density at radius 2 is 2.05 bits per heavy atom. The van der Waals surface area contributed by atoms with E-state index in [2.05, 4.69) is 0 Å². The summed E-state index contributed by atoms with van der Waals surface area (Å²) in [6.07, 6.45) is 2.08. The van der Waals surface area contributed by atoms with E-state index in [-0.39, 0.29) is 16.8 Å². The number of hydrogen-bond donors (Lipinski definition) is 1. The van der Waals surface area contributed by atoms with E-state index >= 15 is 0 Å². The lowest BCUT2D eigenvalue weighted by Gasteiger charge is -2.23. The molecule has 0 amide bonds. The predicted octanol–water partition coefficient (Wildman–Crippen LogP) is 1.31. The van der Waals surface area contributed by atoms with Gasteiger partial charge in [0, 0.05) is 6.54 Å². The molecule has 0 bridgehead atoms. The summed E-state index contributed by atoms with van der Waals surface area (Å²) in [5.41, 5.74) is 6.64. The highest BCUT2D eigenvalue weighted by molar-refractivity contribution is 7.89.